The molecule has 0 aliphatic rings. The molecule has 0 bridgehead atoms. The van der Waals surface area contributed by atoms with E-state index in [1.807, 2.05) is 17.5 Å². The number of rotatable bonds is 3. The van der Waals surface area contributed by atoms with Crippen LogP contribution in [0.5, 0.6) is 0 Å². The number of carbonyl (C=O) groups excluding carboxylic acids is 1. The number of carbonyl (C=O) groups is 1. The quantitative estimate of drug-likeness (QED) is 0.752. The Morgan fingerprint density at radius 1 is 1.12 bits per heavy atom. The molecule has 82 valence electrons. The first-order valence-electron chi connectivity index (χ1n) is 4.67. The van der Waals surface area contributed by atoms with E-state index in [-0.39, 0.29) is 5.78 Å². The molecule has 0 aliphatic heterocycles. The molecule has 0 N–H and O–H groups in total. The van der Waals surface area contributed by atoms with Gasteiger partial charge >= 0.3 is 0 Å². The maximum Gasteiger partial charge on any atom is 0.178 e. The normalized spacial score (nSPS) is 10.4. The molecule has 1 heterocycles. The standard InChI is InChI=1S/C12H8Cl2OS/c13-9-3-1-8(2-4-9)7-11(15)12-10(14)5-6-16-12/h1-6H,7H2. The summed E-state index contributed by atoms with van der Waals surface area (Å²) in [6, 6.07) is 8.99. The lowest BCUT2D eigenvalue weighted by Crippen LogP contribution is -2.01. The van der Waals surface area contributed by atoms with Gasteiger partial charge in [0.25, 0.3) is 0 Å². The molecular formula is C12H8Cl2OS. The van der Waals surface area contributed by atoms with E-state index in [0.717, 1.165) is 5.56 Å². The molecule has 2 rings (SSSR count). The van der Waals surface area contributed by atoms with Crippen molar-refractivity contribution in [2.75, 3.05) is 0 Å². The van der Waals surface area contributed by atoms with E-state index >= 15 is 0 Å². The van der Waals surface area contributed by atoms with Crippen molar-refractivity contribution in [2.45, 2.75) is 6.42 Å². The van der Waals surface area contributed by atoms with Crippen LogP contribution in [0.4, 0.5) is 0 Å². The van der Waals surface area contributed by atoms with E-state index in [4.69, 9.17) is 23.2 Å². The van der Waals surface area contributed by atoms with Gasteiger partial charge < -0.3 is 0 Å². The smallest absolute Gasteiger partial charge is 0.178 e. The van der Waals surface area contributed by atoms with Crippen LogP contribution in [0.25, 0.3) is 0 Å². The van der Waals surface area contributed by atoms with Crippen LogP contribution in [0, 0.1) is 0 Å². The van der Waals surface area contributed by atoms with Crippen molar-refractivity contribution in [3.63, 3.8) is 0 Å². The van der Waals surface area contributed by atoms with Gasteiger partial charge in [0.1, 0.15) is 0 Å². The summed E-state index contributed by atoms with van der Waals surface area (Å²) in [6.07, 6.45) is 0.359. The van der Waals surface area contributed by atoms with Crippen molar-refractivity contribution in [1.82, 2.24) is 0 Å². The summed E-state index contributed by atoms with van der Waals surface area (Å²) >= 11 is 13.0. The van der Waals surface area contributed by atoms with Gasteiger partial charge in [0, 0.05) is 11.4 Å². The first kappa shape index (κ1) is 11.6. The highest BCUT2D eigenvalue weighted by atomic mass is 35.5. The third-order valence-electron chi connectivity index (χ3n) is 2.15. The van der Waals surface area contributed by atoms with E-state index in [1.165, 1.54) is 11.3 Å². The first-order chi connectivity index (χ1) is 7.66. The maximum absolute atomic E-state index is 11.9. The van der Waals surface area contributed by atoms with E-state index < -0.39 is 0 Å². The minimum atomic E-state index is 0.0438. The zero-order chi connectivity index (χ0) is 11.5. The molecule has 1 aromatic heterocycles. The van der Waals surface area contributed by atoms with Crippen molar-refractivity contribution in [2.24, 2.45) is 0 Å². The van der Waals surface area contributed by atoms with Crippen molar-refractivity contribution in [1.29, 1.82) is 0 Å². The lowest BCUT2D eigenvalue weighted by Gasteiger charge is -2.00. The Balaban J connectivity index is 2.14. The number of halogens is 2. The van der Waals surface area contributed by atoms with Crippen molar-refractivity contribution < 1.29 is 4.79 Å². The lowest BCUT2D eigenvalue weighted by atomic mass is 10.1. The minimum absolute atomic E-state index is 0.0438. The van der Waals surface area contributed by atoms with Gasteiger partial charge in [0.15, 0.2) is 5.78 Å². The van der Waals surface area contributed by atoms with E-state index in [2.05, 4.69) is 0 Å². The molecule has 0 fully saturated rings. The van der Waals surface area contributed by atoms with E-state index in [9.17, 15) is 4.79 Å². The van der Waals surface area contributed by atoms with Crippen molar-refractivity contribution >= 4 is 40.3 Å². The number of thiophene rings is 1. The van der Waals surface area contributed by atoms with Gasteiger partial charge in [0.05, 0.1) is 9.90 Å². The summed E-state index contributed by atoms with van der Waals surface area (Å²) in [6.45, 7) is 0. The summed E-state index contributed by atoms with van der Waals surface area (Å²) in [4.78, 5) is 12.5. The predicted octanol–water partition coefficient (Wildman–Crippen LogP) is 4.48. The van der Waals surface area contributed by atoms with Crippen LogP contribution in [0.15, 0.2) is 35.7 Å². The van der Waals surface area contributed by atoms with Gasteiger partial charge in [-0.25, -0.2) is 0 Å². The average Bonchev–Trinajstić information content (AvgIpc) is 2.68. The molecule has 0 atom stereocenters. The molecule has 4 heteroatoms. The SMILES string of the molecule is O=C(Cc1ccc(Cl)cc1)c1sccc1Cl. The molecule has 1 aromatic carbocycles. The molecule has 16 heavy (non-hydrogen) atoms. The molecule has 0 aliphatic carbocycles. The van der Waals surface area contributed by atoms with Crippen molar-refractivity contribution in [3.8, 4) is 0 Å². The van der Waals surface area contributed by atoms with Crippen LogP contribution in [0.1, 0.15) is 15.2 Å². The molecular weight excluding hydrogens is 263 g/mol. The van der Waals surface area contributed by atoms with Gasteiger partial charge in [-0.1, -0.05) is 35.3 Å². The third kappa shape index (κ3) is 2.64. The van der Waals surface area contributed by atoms with E-state index in [0.29, 0.717) is 21.3 Å². The fraction of sp³-hybridized carbons (Fsp3) is 0.0833. The van der Waals surface area contributed by atoms with Crippen LogP contribution in [0.2, 0.25) is 10.0 Å². The highest BCUT2D eigenvalue weighted by molar-refractivity contribution is 7.12. The molecule has 1 nitrogen and oxygen atoms in total. The summed E-state index contributed by atoms with van der Waals surface area (Å²) < 4.78 is 0. The topological polar surface area (TPSA) is 17.1 Å². The molecule has 0 saturated carbocycles. The van der Waals surface area contributed by atoms with Gasteiger partial charge in [-0.3, -0.25) is 4.79 Å². The van der Waals surface area contributed by atoms with Gasteiger partial charge in [-0.2, -0.15) is 0 Å². The third-order valence-corrected chi connectivity index (χ3v) is 3.78. The van der Waals surface area contributed by atoms with Crippen molar-refractivity contribution in [3.05, 3.63) is 56.2 Å². The van der Waals surface area contributed by atoms with Gasteiger partial charge in [0.2, 0.25) is 0 Å². The second-order valence-corrected chi connectivity index (χ2v) is 5.08. The molecule has 0 radical (unpaired) electrons. The van der Waals surface area contributed by atoms with Crippen LogP contribution in [-0.2, 0) is 6.42 Å². The van der Waals surface area contributed by atoms with Gasteiger partial charge in [-0.15, -0.1) is 11.3 Å². The van der Waals surface area contributed by atoms with Crippen LogP contribution in [0.3, 0.4) is 0 Å². The molecule has 0 saturated heterocycles. The summed E-state index contributed by atoms with van der Waals surface area (Å²) in [7, 11) is 0. The minimum Gasteiger partial charge on any atom is -0.293 e. The van der Waals surface area contributed by atoms with Crippen LogP contribution < -0.4 is 0 Å². The highest BCUT2D eigenvalue weighted by Crippen LogP contribution is 2.23. The lowest BCUT2D eigenvalue weighted by molar-refractivity contribution is 0.0997. The number of Topliss-reactive ketones (excluding diaryl/α,β-unsaturated/α-hetero) is 1. The molecule has 0 spiro atoms. The summed E-state index contributed by atoms with van der Waals surface area (Å²) in [5.74, 6) is 0.0438. The first-order valence-corrected chi connectivity index (χ1v) is 6.31. The fourth-order valence-corrected chi connectivity index (χ4v) is 2.59. The zero-order valence-electron chi connectivity index (χ0n) is 8.24. The average molecular weight is 271 g/mol. The Labute approximate surface area is 108 Å². The Bertz CT molecular complexity index is 502. The van der Waals surface area contributed by atoms with Crippen LogP contribution >= 0.6 is 34.5 Å². The number of hydrogen-bond acceptors (Lipinski definition) is 2. The maximum atomic E-state index is 11.9. The second-order valence-electron chi connectivity index (χ2n) is 3.32. The van der Waals surface area contributed by atoms with Crippen LogP contribution in [-0.4, -0.2) is 5.78 Å². The number of hydrogen-bond donors (Lipinski definition) is 0. The highest BCUT2D eigenvalue weighted by Gasteiger charge is 2.12. The summed E-state index contributed by atoms with van der Waals surface area (Å²) in [5.41, 5.74) is 0.943. The second kappa shape index (κ2) is 5.00. The molecule has 0 amide bonds. The Morgan fingerprint density at radius 3 is 2.38 bits per heavy atom. The Kier molecular flexibility index (Phi) is 3.64. The largest absolute Gasteiger partial charge is 0.293 e. The Morgan fingerprint density at radius 2 is 1.81 bits per heavy atom. The monoisotopic (exact) mass is 270 g/mol. The van der Waals surface area contributed by atoms with E-state index in [1.54, 1.807) is 18.2 Å². The predicted molar refractivity (Wildman–Crippen MR) is 68.8 cm³/mol. The number of benzene rings is 1. The van der Waals surface area contributed by atoms with Gasteiger partial charge in [-0.05, 0) is 29.1 Å². The molecule has 0 unspecified atom stereocenters. The summed E-state index contributed by atoms with van der Waals surface area (Å²) in [5, 5.41) is 3.02. The fourth-order valence-electron chi connectivity index (χ4n) is 1.36. The zero-order valence-corrected chi connectivity index (χ0v) is 10.6. The Hall–Kier alpha value is -0.830. The molecule has 2 aromatic rings. The number of ketones is 1.